The topological polar surface area (TPSA) is 45.4 Å². The van der Waals surface area contributed by atoms with Crippen LogP contribution in [0.1, 0.15) is 30.0 Å². The van der Waals surface area contributed by atoms with E-state index < -0.39 is 0 Å². The van der Waals surface area contributed by atoms with E-state index >= 15 is 0 Å². The summed E-state index contributed by atoms with van der Waals surface area (Å²) >= 11 is 7.50. The SMILES string of the molecule is CC[C@@H](CO)NC(c1ccco1)c1ccc(Cl)s1. The van der Waals surface area contributed by atoms with Crippen LogP contribution in [0.2, 0.25) is 4.34 Å². The highest BCUT2D eigenvalue weighted by molar-refractivity contribution is 7.16. The second kappa shape index (κ2) is 6.38. The van der Waals surface area contributed by atoms with Gasteiger partial charge in [0.25, 0.3) is 0 Å². The normalized spacial score (nSPS) is 14.6. The molecule has 18 heavy (non-hydrogen) atoms. The van der Waals surface area contributed by atoms with Crippen molar-refractivity contribution < 1.29 is 9.52 Å². The molecule has 0 fully saturated rings. The quantitative estimate of drug-likeness (QED) is 0.854. The molecule has 0 spiro atoms. The van der Waals surface area contributed by atoms with Crippen LogP contribution in [0.15, 0.2) is 34.9 Å². The molecule has 1 unspecified atom stereocenters. The summed E-state index contributed by atoms with van der Waals surface area (Å²) < 4.78 is 6.22. The first-order valence-corrected chi connectivity index (χ1v) is 7.09. The third kappa shape index (κ3) is 3.14. The number of hydrogen-bond donors (Lipinski definition) is 2. The third-order valence-corrected chi connectivity index (χ3v) is 4.12. The molecule has 5 heteroatoms. The van der Waals surface area contributed by atoms with Gasteiger partial charge in [-0.2, -0.15) is 0 Å². The van der Waals surface area contributed by atoms with Crippen molar-refractivity contribution in [3.8, 4) is 0 Å². The van der Waals surface area contributed by atoms with Crippen molar-refractivity contribution in [2.45, 2.75) is 25.4 Å². The highest BCUT2D eigenvalue weighted by Gasteiger charge is 2.21. The average Bonchev–Trinajstić information content (AvgIpc) is 3.02. The molecule has 0 aromatic carbocycles. The molecule has 0 aliphatic carbocycles. The van der Waals surface area contributed by atoms with Gasteiger partial charge in [-0.1, -0.05) is 18.5 Å². The predicted octanol–water partition coefficient (Wildman–Crippen LogP) is 3.44. The van der Waals surface area contributed by atoms with Gasteiger partial charge in [0.05, 0.1) is 17.2 Å². The molecular formula is C13H16ClNO2S. The Kier molecular flexibility index (Phi) is 4.83. The van der Waals surface area contributed by atoms with Gasteiger partial charge in [0.2, 0.25) is 0 Å². The first-order chi connectivity index (χ1) is 8.74. The zero-order chi connectivity index (χ0) is 13.0. The Hall–Kier alpha value is -0.810. The molecule has 2 heterocycles. The van der Waals surface area contributed by atoms with Gasteiger partial charge in [-0.25, -0.2) is 0 Å². The van der Waals surface area contributed by atoms with Crippen LogP contribution >= 0.6 is 22.9 Å². The second-order valence-electron chi connectivity index (χ2n) is 4.04. The molecule has 2 atom stereocenters. The van der Waals surface area contributed by atoms with Gasteiger partial charge in [0, 0.05) is 10.9 Å². The van der Waals surface area contributed by atoms with Crippen LogP contribution in [0.4, 0.5) is 0 Å². The molecule has 3 nitrogen and oxygen atoms in total. The van der Waals surface area contributed by atoms with Crippen molar-refractivity contribution in [2.75, 3.05) is 6.61 Å². The first-order valence-electron chi connectivity index (χ1n) is 5.90. The fourth-order valence-electron chi connectivity index (χ4n) is 1.78. The Bertz CT molecular complexity index is 465. The van der Waals surface area contributed by atoms with Crippen LogP contribution < -0.4 is 5.32 Å². The monoisotopic (exact) mass is 285 g/mol. The molecule has 0 saturated carbocycles. The van der Waals surface area contributed by atoms with Crippen LogP contribution in [0, 0.1) is 0 Å². The molecule has 0 saturated heterocycles. The van der Waals surface area contributed by atoms with Gasteiger partial charge in [-0.3, -0.25) is 5.32 Å². The smallest absolute Gasteiger partial charge is 0.126 e. The second-order valence-corrected chi connectivity index (χ2v) is 5.79. The summed E-state index contributed by atoms with van der Waals surface area (Å²) in [6.07, 6.45) is 2.51. The zero-order valence-corrected chi connectivity index (χ0v) is 11.7. The van der Waals surface area contributed by atoms with Gasteiger partial charge in [-0.15, -0.1) is 11.3 Å². The fourth-order valence-corrected chi connectivity index (χ4v) is 2.91. The minimum atomic E-state index is -0.0606. The molecule has 0 radical (unpaired) electrons. The first kappa shape index (κ1) is 13.6. The van der Waals surface area contributed by atoms with E-state index in [4.69, 9.17) is 16.0 Å². The number of furan rings is 1. The van der Waals surface area contributed by atoms with Crippen molar-refractivity contribution in [1.82, 2.24) is 5.32 Å². The van der Waals surface area contributed by atoms with Crippen molar-refractivity contribution >= 4 is 22.9 Å². The Labute approximate surface area is 115 Å². The van der Waals surface area contributed by atoms with Crippen LogP contribution in [-0.4, -0.2) is 17.8 Å². The third-order valence-electron chi connectivity index (χ3n) is 2.82. The molecule has 2 aromatic heterocycles. The minimum absolute atomic E-state index is 0.0426. The summed E-state index contributed by atoms with van der Waals surface area (Å²) in [5.74, 6) is 0.834. The Morgan fingerprint density at radius 2 is 2.28 bits per heavy atom. The summed E-state index contributed by atoms with van der Waals surface area (Å²) in [6, 6.07) is 7.63. The van der Waals surface area contributed by atoms with E-state index in [2.05, 4.69) is 5.32 Å². The van der Waals surface area contributed by atoms with E-state index in [-0.39, 0.29) is 18.7 Å². The molecule has 0 bridgehead atoms. The Balaban J connectivity index is 2.23. The fraction of sp³-hybridized carbons (Fsp3) is 0.385. The Morgan fingerprint density at radius 1 is 1.44 bits per heavy atom. The standard InChI is InChI=1S/C13H16ClNO2S/c1-2-9(8-16)15-13(10-4-3-7-17-10)11-5-6-12(14)18-11/h3-7,9,13,15-16H,2,8H2,1H3/t9-,13?/m0/s1. The van der Waals surface area contributed by atoms with Gasteiger partial charge in [0.15, 0.2) is 0 Å². The molecule has 0 amide bonds. The number of halogens is 1. The maximum atomic E-state index is 9.31. The van der Waals surface area contributed by atoms with Crippen molar-refractivity contribution in [3.05, 3.63) is 45.5 Å². The highest BCUT2D eigenvalue weighted by Crippen LogP contribution is 2.31. The summed E-state index contributed by atoms with van der Waals surface area (Å²) in [6.45, 7) is 2.14. The zero-order valence-electron chi connectivity index (χ0n) is 10.1. The van der Waals surface area contributed by atoms with E-state index in [0.29, 0.717) is 0 Å². The summed E-state index contributed by atoms with van der Waals surface area (Å²) in [5.41, 5.74) is 0. The average molecular weight is 286 g/mol. The number of thiophene rings is 1. The lowest BCUT2D eigenvalue weighted by Crippen LogP contribution is -2.35. The highest BCUT2D eigenvalue weighted by atomic mass is 35.5. The lowest BCUT2D eigenvalue weighted by atomic mass is 10.1. The van der Waals surface area contributed by atoms with Gasteiger partial charge in [-0.05, 0) is 30.7 Å². The van der Waals surface area contributed by atoms with Crippen molar-refractivity contribution in [1.29, 1.82) is 0 Å². The maximum absolute atomic E-state index is 9.31. The van der Waals surface area contributed by atoms with Crippen LogP contribution in [0.3, 0.4) is 0 Å². The molecule has 2 N–H and O–H groups in total. The molecule has 2 rings (SSSR count). The van der Waals surface area contributed by atoms with E-state index in [0.717, 1.165) is 21.4 Å². The van der Waals surface area contributed by atoms with E-state index in [9.17, 15) is 5.11 Å². The van der Waals surface area contributed by atoms with E-state index in [1.54, 1.807) is 6.26 Å². The summed E-state index contributed by atoms with van der Waals surface area (Å²) in [5, 5.41) is 12.7. The molecule has 98 valence electrons. The summed E-state index contributed by atoms with van der Waals surface area (Å²) in [7, 11) is 0. The molecule has 0 aliphatic rings. The van der Waals surface area contributed by atoms with Gasteiger partial charge in [0.1, 0.15) is 11.8 Å². The maximum Gasteiger partial charge on any atom is 0.126 e. The predicted molar refractivity (Wildman–Crippen MR) is 74.2 cm³/mol. The van der Waals surface area contributed by atoms with Crippen LogP contribution in [-0.2, 0) is 0 Å². The largest absolute Gasteiger partial charge is 0.467 e. The van der Waals surface area contributed by atoms with Crippen LogP contribution in [0.5, 0.6) is 0 Å². The molecule has 0 aliphatic heterocycles. The van der Waals surface area contributed by atoms with Crippen molar-refractivity contribution in [2.24, 2.45) is 0 Å². The number of nitrogens with one attached hydrogen (secondary N) is 1. The number of aliphatic hydroxyl groups excluding tert-OH is 1. The summed E-state index contributed by atoms with van der Waals surface area (Å²) in [4.78, 5) is 1.09. The minimum Gasteiger partial charge on any atom is -0.467 e. The van der Waals surface area contributed by atoms with Gasteiger partial charge >= 0.3 is 0 Å². The van der Waals surface area contributed by atoms with Crippen molar-refractivity contribution in [3.63, 3.8) is 0 Å². The van der Waals surface area contributed by atoms with E-state index in [1.165, 1.54) is 11.3 Å². The number of hydrogen-bond acceptors (Lipinski definition) is 4. The number of aliphatic hydroxyl groups is 1. The van der Waals surface area contributed by atoms with E-state index in [1.807, 2.05) is 31.2 Å². The lowest BCUT2D eigenvalue weighted by Gasteiger charge is -2.21. The van der Waals surface area contributed by atoms with Crippen LogP contribution in [0.25, 0.3) is 0 Å². The Morgan fingerprint density at radius 3 is 2.78 bits per heavy atom. The molecule has 2 aromatic rings. The van der Waals surface area contributed by atoms with Gasteiger partial charge < -0.3 is 9.52 Å². The number of rotatable bonds is 6. The molecular weight excluding hydrogens is 270 g/mol. The lowest BCUT2D eigenvalue weighted by molar-refractivity contribution is 0.229.